The Labute approximate surface area is 103 Å². The van der Waals surface area contributed by atoms with Crippen LogP contribution in [0.25, 0.3) is 6.08 Å². The third-order valence-electron chi connectivity index (χ3n) is 2.17. The van der Waals surface area contributed by atoms with Gasteiger partial charge in [-0.25, -0.2) is 0 Å². The Morgan fingerprint density at radius 2 is 1.77 bits per heavy atom. The minimum absolute atomic E-state index is 0. The molecular weight excluding hydrogens is 239 g/mol. The maximum atomic E-state index is 6.15. The molecule has 0 saturated heterocycles. The Kier molecular flexibility index (Phi) is 3.30. The maximum absolute atomic E-state index is 6.15. The molecule has 0 aliphatic heterocycles. The third kappa shape index (κ3) is 1.73. The van der Waals surface area contributed by atoms with Crippen molar-refractivity contribution >= 4 is 29.3 Å². The molecule has 1 aliphatic carbocycles. The van der Waals surface area contributed by atoms with Crippen LogP contribution >= 0.6 is 23.2 Å². The Balaban J connectivity index is 0.000000845. The van der Waals surface area contributed by atoms with Gasteiger partial charge in [-0.2, -0.15) is 0 Å². The second-order valence-electron chi connectivity index (χ2n) is 2.99. The van der Waals surface area contributed by atoms with E-state index in [-0.39, 0.29) is 21.7 Å². The van der Waals surface area contributed by atoms with E-state index in [2.05, 4.69) is 0 Å². The second-order valence-corrected chi connectivity index (χ2v) is 4.32. The van der Waals surface area contributed by atoms with Crippen LogP contribution in [0.5, 0.6) is 0 Å². The summed E-state index contributed by atoms with van der Waals surface area (Å²) in [6.07, 6.45) is 2.02. The summed E-state index contributed by atoms with van der Waals surface area (Å²) in [6.45, 7) is 1.94. The van der Waals surface area contributed by atoms with E-state index in [9.17, 15) is 0 Å². The number of rotatable bonds is 0. The zero-order valence-corrected chi connectivity index (χ0v) is 10.2. The molecule has 0 aromatic heterocycles. The first-order chi connectivity index (χ1) is 5.62. The number of alkyl halides is 2. The van der Waals surface area contributed by atoms with Crippen molar-refractivity contribution < 1.29 is 21.7 Å². The average Bonchev–Trinajstić information content (AvgIpc) is 2.25. The van der Waals surface area contributed by atoms with Crippen molar-refractivity contribution in [3.05, 3.63) is 41.0 Å². The summed E-state index contributed by atoms with van der Waals surface area (Å²) in [5.41, 5.74) is 3.11. The molecule has 0 unspecified atom stereocenters. The van der Waals surface area contributed by atoms with E-state index >= 15 is 0 Å². The summed E-state index contributed by atoms with van der Waals surface area (Å²) in [5, 5.41) is 0. The van der Waals surface area contributed by atoms with Crippen LogP contribution in [0.4, 0.5) is 0 Å². The molecule has 66 valence electrons. The third-order valence-corrected chi connectivity index (χ3v) is 3.17. The van der Waals surface area contributed by atoms with E-state index < -0.39 is 4.33 Å². The molecule has 0 amide bonds. The summed E-state index contributed by atoms with van der Waals surface area (Å²) in [7, 11) is 0. The topological polar surface area (TPSA) is 0 Å². The smallest absolute Gasteiger partial charge is 0.0913 e. The fourth-order valence-electron chi connectivity index (χ4n) is 1.45. The van der Waals surface area contributed by atoms with Crippen molar-refractivity contribution in [2.75, 3.05) is 0 Å². The number of benzene rings is 1. The van der Waals surface area contributed by atoms with Crippen molar-refractivity contribution in [3.8, 4) is 0 Å². The van der Waals surface area contributed by atoms with E-state index in [0.29, 0.717) is 0 Å². The van der Waals surface area contributed by atoms with Crippen LogP contribution in [0.15, 0.2) is 29.8 Å². The van der Waals surface area contributed by atoms with Gasteiger partial charge in [0.1, 0.15) is 0 Å². The number of allylic oxidation sites excluding steroid dienone is 1. The molecular formula is C10H8Cl2Ti. The first kappa shape index (κ1) is 11.3. The summed E-state index contributed by atoms with van der Waals surface area (Å²) in [6, 6.07) is 7.91. The van der Waals surface area contributed by atoms with Crippen LogP contribution < -0.4 is 0 Å². The molecule has 0 heterocycles. The first-order valence-electron chi connectivity index (χ1n) is 3.78. The zero-order chi connectivity index (χ0) is 8.77. The molecule has 0 nitrogen and oxygen atoms in total. The molecule has 0 saturated carbocycles. The van der Waals surface area contributed by atoms with Crippen LogP contribution in [0, 0.1) is 0 Å². The molecule has 0 bridgehead atoms. The molecule has 0 radical (unpaired) electrons. The van der Waals surface area contributed by atoms with Crippen LogP contribution in [-0.4, -0.2) is 0 Å². The Morgan fingerprint density at radius 1 is 1.15 bits per heavy atom. The van der Waals surface area contributed by atoms with Crippen molar-refractivity contribution in [2.24, 2.45) is 0 Å². The van der Waals surface area contributed by atoms with Crippen molar-refractivity contribution in [1.82, 2.24) is 0 Å². The Bertz CT molecular complexity index is 356. The predicted octanol–water partition coefficient (Wildman–Crippen LogP) is 3.73. The Hall–Kier alpha value is 0.254. The van der Waals surface area contributed by atoms with Gasteiger partial charge in [0, 0.05) is 21.7 Å². The van der Waals surface area contributed by atoms with E-state index in [1.165, 1.54) is 0 Å². The standard InChI is InChI=1S/C10H8Cl2.Ti/c1-7-6-8-4-2-3-5-9(8)10(7,11)12;/h2-6H,1H3;. The van der Waals surface area contributed by atoms with E-state index in [1.807, 2.05) is 37.3 Å². The minimum Gasteiger partial charge on any atom is -0.0913 e. The largest absolute Gasteiger partial charge is 0.164 e. The minimum atomic E-state index is -0.809. The molecule has 3 heteroatoms. The van der Waals surface area contributed by atoms with Crippen molar-refractivity contribution in [1.29, 1.82) is 0 Å². The second kappa shape index (κ2) is 3.78. The van der Waals surface area contributed by atoms with E-state index in [1.54, 1.807) is 0 Å². The van der Waals surface area contributed by atoms with E-state index in [0.717, 1.165) is 16.7 Å². The van der Waals surface area contributed by atoms with Gasteiger partial charge in [-0.1, -0.05) is 53.5 Å². The summed E-state index contributed by atoms with van der Waals surface area (Å²) in [5.74, 6) is 0. The summed E-state index contributed by atoms with van der Waals surface area (Å²) >= 11 is 12.3. The van der Waals surface area contributed by atoms with Gasteiger partial charge in [-0.15, -0.1) is 0 Å². The van der Waals surface area contributed by atoms with E-state index in [4.69, 9.17) is 23.2 Å². The average molecular weight is 247 g/mol. The van der Waals surface area contributed by atoms with Gasteiger partial charge in [0.05, 0.1) is 0 Å². The monoisotopic (exact) mass is 246 g/mol. The van der Waals surface area contributed by atoms with Gasteiger partial charge >= 0.3 is 0 Å². The molecule has 0 N–H and O–H groups in total. The molecule has 13 heavy (non-hydrogen) atoms. The SMILES string of the molecule is CC1=Cc2ccccc2C1(Cl)Cl.[Ti]. The molecule has 0 atom stereocenters. The summed E-state index contributed by atoms with van der Waals surface area (Å²) in [4.78, 5) is 0. The number of hydrogen-bond acceptors (Lipinski definition) is 0. The molecule has 2 rings (SSSR count). The Morgan fingerprint density at radius 3 is 2.38 bits per heavy atom. The quantitative estimate of drug-likeness (QED) is 0.484. The van der Waals surface area contributed by atoms with Crippen LogP contribution in [0.1, 0.15) is 18.1 Å². The molecule has 1 aliphatic rings. The van der Waals surface area contributed by atoms with Gasteiger partial charge in [-0.3, -0.25) is 0 Å². The number of fused-ring (bicyclic) bond motifs is 1. The molecule has 0 spiro atoms. The van der Waals surface area contributed by atoms with Gasteiger partial charge < -0.3 is 0 Å². The zero-order valence-electron chi connectivity index (χ0n) is 7.14. The van der Waals surface area contributed by atoms with Crippen LogP contribution in [0.2, 0.25) is 0 Å². The van der Waals surface area contributed by atoms with Gasteiger partial charge in [-0.05, 0) is 23.6 Å². The first-order valence-corrected chi connectivity index (χ1v) is 4.54. The fraction of sp³-hybridized carbons (Fsp3) is 0.200. The van der Waals surface area contributed by atoms with Crippen LogP contribution in [-0.2, 0) is 26.1 Å². The van der Waals surface area contributed by atoms with Gasteiger partial charge in [0.2, 0.25) is 0 Å². The summed E-state index contributed by atoms with van der Waals surface area (Å²) < 4.78 is -0.809. The maximum Gasteiger partial charge on any atom is 0.164 e. The van der Waals surface area contributed by atoms with Gasteiger partial charge in [0.15, 0.2) is 4.33 Å². The van der Waals surface area contributed by atoms with Crippen molar-refractivity contribution in [3.63, 3.8) is 0 Å². The van der Waals surface area contributed by atoms with Crippen LogP contribution in [0.3, 0.4) is 0 Å². The normalized spacial score (nSPS) is 17.3. The predicted molar refractivity (Wildman–Crippen MR) is 53.5 cm³/mol. The number of hydrogen-bond donors (Lipinski definition) is 0. The fourth-order valence-corrected chi connectivity index (χ4v) is 1.90. The van der Waals surface area contributed by atoms with Gasteiger partial charge in [0.25, 0.3) is 0 Å². The molecule has 1 aromatic carbocycles. The molecule has 1 aromatic rings. The molecule has 0 fully saturated rings. The number of halogens is 2. The van der Waals surface area contributed by atoms with Crippen molar-refractivity contribution in [2.45, 2.75) is 11.3 Å².